The lowest BCUT2D eigenvalue weighted by Gasteiger charge is -2.24. The van der Waals surface area contributed by atoms with Crippen LogP contribution >= 0.6 is 31.9 Å². The molecule has 1 unspecified atom stereocenters. The Kier molecular flexibility index (Phi) is 5.62. The van der Waals surface area contributed by atoms with Gasteiger partial charge in [-0.05, 0) is 51.8 Å². The van der Waals surface area contributed by atoms with Crippen LogP contribution in [-0.2, 0) is 4.74 Å². The maximum Gasteiger partial charge on any atom is 0.312 e. The molecule has 1 aromatic heterocycles. The Balaban J connectivity index is 2.04. The molecule has 25 heavy (non-hydrogen) atoms. The predicted octanol–water partition coefficient (Wildman–Crippen LogP) is 3.45. The second kappa shape index (κ2) is 7.56. The number of benzene rings is 1. The number of nitro groups is 1. The summed E-state index contributed by atoms with van der Waals surface area (Å²) in [6, 6.07) is 1.94. The van der Waals surface area contributed by atoms with Gasteiger partial charge < -0.3 is 19.9 Å². The Labute approximate surface area is 161 Å². The van der Waals surface area contributed by atoms with Crippen molar-refractivity contribution in [1.82, 2.24) is 14.9 Å². The highest BCUT2D eigenvalue weighted by Crippen LogP contribution is 2.40. The highest BCUT2D eigenvalue weighted by molar-refractivity contribution is 9.13. The van der Waals surface area contributed by atoms with Crippen molar-refractivity contribution in [2.75, 3.05) is 31.6 Å². The van der Waals surface area contributed by atoms with Crippen LogP contribution in [0.25, 0.3) is 11.0 Å². The lowest BCUT2D eigenvalue weighted by molar-refractivity contribution is -0.384. The first-order valence-electron chi connectivity index (χ1n) is 8.00. The van der Waals surface area contributed by atoms with Gasteiger partial charge in [-0.1, -0.05) is 0 Å². The second-order valence-electron chi connectivity index (χ2n) is 6.12. The Morgan fingerprint density at radius 1 is 1.56 bits per heavy atom. The molecule has 8 nitrogen and oxygen atoms in total. The molecule has 0 aliphatic carbocycles. The highest BCUT2D eigenvalue weighted by Gasteiger charge is 2.27. The topological polar surface area (TPSA) is 94.2 Å². The summed E-state index contributed by atoms with van der Waals surface area (Å²) >= 11 is 6.68. The van der Waals surface area contributed by atoms with E-state index in [1.807, 2.05) is 24.5 Å². The Hall–Kier alpha value is -1.23. The van der Waals surface area contributed by atoms with Gasteiger partial charge in [0.05, 0.1) is 23.2 Å². The highest BCUT2D eigenvalue weighted by atomic mass is 79.9. The summed E-state index contributed by atoms with van der Waals surface area (Å²) in [5.74, 6) is 0.604. The molecular formula is C15H19Br2N5O3. The minimum absolute atomic E-state index is 0.0394. The standard InChI is InChI=1S/C15H19Br2N5O3/c1-8(2)21-11-5-10(16)12(17)14(22(23)24)13(11)20-15(21)19-7-9-6-18-3-4-25-9/h5,8-9,18H,3-4,6-7H2,1-2H3,(H,19,20). The fourth-order valence-electron chi connectivity index (χ4n) is 2.93. The average Bonchev–Trinajstić information content (AvgIpc) is 2.92. The predicted molar refractivity (Wildman–Crippen MR) is 103 cm³/mol. The fraction of sp³-hybridized carbons (Fsp3) is 0.533. The molecule has 0 saturated carbocycles. The molecule has 1 saturated heterocycles. The van der Waals surface area contributed by atoms with Crippen molar-refractivity contribution in [3.8, 4) is 0 Å². The van der Waals surface area contributed by atoms with Crippen LogP contribution in [0.2, 0.25) is 0 Å². The maximum atomic E-state index is 11.5. The van der Waals surface area contributed by atoms with E-state index in [1.54, 1.807) is 0 Å². The van der Waals surface area contributed by atoms with E-state index in [0.717, 1.165) is 13.1 Å². The summed E-state index contributed by atoms with van der Waals surface area (Å²) in [5.41, 5.74) is 1.03. The molecule has 2 aromatic rings. The third-order valence-corrected chi connectivity index (χ3v) is 6.00. The second-order valence-corrected chi connectivity index (χ2v) is 7.77. The molecule has 0 amide bonds. The van der Waals surface area contributed by atoms with E-state index in [0.29, 0.717) is 39.1 Å². The number of halogens is 2. The van der Waals surface area contributed by atoms with Crippen molar-refractivity contribution in [2.24, 2.45) is 0 Å². The molecule has 3 rings (SSSR count). The first-order chi connectivity index (χ1) is 11.9. The van der Waals surface area contributed by atoms with E-state index in [9.17, 15) is 10.1 Å². The van der Waals surface area contributed by atoms with E-state index in [4.69, 9.17) is 4.74 Å². The van der Waals surface area contributed by atoms with E-state index in [1.165, 1.54) is 0 Å². The average molecular weight is 477 g/mol. The van der Waals surface area contributed by atoms with Gasteiger partial charge >= 0.3 is 5.69 Å². The monoisotopic (exact) mass is 475 g/mol. The molecule has 10 heteroatoms. The normalized spacial score (nSPS) is 18.0. The molecule has 2 heterocycles. The van der Waals surface area contributed by atoms with Gasteiger partial charge in [0.15, 0.2) is 5.52 Å². The van der Waals surface area contributed by atoms with Gasteiger partial charge in [0, 0.05) is 30.1 Å². The molecule has 1 aromatic carbocycles. The fourth-order valence-corrected chi connectivity index (χ4v) is 3.78. The number of hydrogen-bond donors (Lipinski definition) is 2. The molecule has 0 bridgehead atoms. The summed E-state index contributed by atoms with van der Waals surface area (Å²) in [6.45, 7) is 6.93. The summed E-state index contributed by atoms with van der Waals surface area (Å²) in [6.07, 6.45) is 0.0441. The van der Waals surface area contributed by atoms with Crippen molar-refractivity contribution < 1.29 is 9.66 Å². The number of hydrogen-bond acceptors (Lipinski definition) is 6. The minimum Gasteiger partial charge on any atom is -0.374 e. The quantitative estimate of drug-likeness (QED) is 0.507. The van der Waals surface area contributed by atoms with E-state index >= 15 is 0 Å². The van der Waals surface area contributed by atoms with Gasteiger partial charge in [0.2, 0.25) is 5.95 Å². The SMILES string of the molecule is CC(C)n1c(NCC2CNCCO2)nc2c([N+](=O)[O-])c(Br)c(Br)cc21. The largest absolute Gasteiger partial charge is 0.374 e. The van der Waals surface area contributed by atoms with Gasteiger partial charge in [0.25, 0.3) is 0 Å². The van der Waals surface area contributed by atoms with Crippen molar-refractivity contribution in [2.45, 2.75) is 26.0 Å². The van der Waals surface area contributed by atoms with Crippen molar-refractivity contribution in [3.63, 3.8) is 0 Å². The summed E-state index contributed by atoms with van der Waals surface area (Å²) in [4.78, 5) is 15.7. The summed E-state index contributed by atoms with van der Waals surface area (Å²) < 4.78 is 8.68. The maximum absolute atomic E-state index is 11.5. The van der Waals surface area contributed by atoms with Gasteiger partial charge in [-0.3, -0.25) is 10.1 Å². The van der Waals surface area contributed by atoms with Gasteiger partial charge in [0.1, 0.15) is 4.47 Å². The Morgan fingerprint density at radius 2 is 2.32 bits per heavy atom. The third-order valence-electron chi connectivity index (χ3n) is 4.04. The first-order valence-corrected chi connectivity index (χ1v) is 9.59. The van der Waals surface area contributed by atoms with Crippen LogP contribution in [0, 0.1) is 10.1 Å². The number of nitrogens with one attached hydrogen (secondary N) is 2. The number of fused-ring (bicyclic) bond motifs is 1. The molecule has 1 aliphatic rings. The van der Waals surface area contributed by atoms with Crippen LogP contribution in [0.15, 0.2) is 15.0 Å². The minimum atomic E-state index is -0.410. The van der Waals surface area contributed by atoms with Gasteiger partial charge in [-0.15, -0.1) is 0 Å². The van der Waals surface area contributed by atoms with Gasteiger partial charge in [-0.25, -0.2) is 4.98 Å². The van der Waals surface area contributed by atoms with Crippen molar-refractivity contribution in [3.05, 3.63) is 25.1 Å². The zero-order valence-electron chi connectivity index (χ0n) is 13.9. The van der Waals surface area contributed by atoms with Crippen LogP contribution in [-0.4, -0.2) is 46.8 Å². The zero-order chi connectivity index (χ0) is 18.1. The molecule has 1 fully saturated rings. The van der Waals surface area contributed by atoms with Crippen LogP contribution in [0.4, 0.5) is 11.6 Å². The van der Waals surface area contributed by atoms with Crippen molar-refractivity contribution >= 4 is 54.5 Å². The summed E-state index contributed by atoms with van der Waals surface area (Å²) in [7, 11) is 0. The van der Waals surface area contributed by atoms with E-state index in [-0.39, 0.29) is 17.8 Å². The van der Waals surface area contributed by atoms with E-state index < -0.39 is 4.92 Å². The zero-order valence-corrected chi connectivity index (χ0v) is 17.1. The lowest BCUT2D eigenvalue weighted by Crippen LogP contribution is -2.42. The number of imidazole rings is 1. The Morgan fingerprint density at radius 3 is 2.92 bits per heavy atom. The molecule has 0 spiro atoms. The van der Waals surface area contributed by atoms with Crippen LogP contribution in [0.3, 0.4) is 0 Å². The number of aromatic nitrogens is 2. The molecule has 0 radical (unpaired) electrons. The smallest absolute Gasteiger partial charge is 0.312 e. The lowest BCUT2D eigenvalue weighted by atomic mass is 10.2. The van der Waals surface area contributed by atoms with Crippen LogP contribution in [0.5, 0.6) is 0 Å². The molecular weight excluding hydrogens is 458 g/mol. The number of ether oxygens (including phenoxy) is 1. The van der Waals surface area contributed by atoms with Gasteiger partial charge in [-0.2, -0.15) is 0 Å². The van der Waals surface area contributed by atoms with Crippen molar-refractivity contribution in [1.29, 1.82) is 0 Å². The Bertz CT molecular complexity index is 802. The molecule has 1 aliphatic heterocycles. The number of rotatable bonds is 5. The number of morpholine rings is 1. The number of nitrogens with zero attached hydrogens (tertiary/aromatic N) is 3. The van der Waals surface area contributed by atoms with Crippen LogP contribution in [0.1, 0.15) is 19.9 Å². The number of anilines is 1. The third kappa shape index (κ3) is 3.67. The molecule has 2 N–H and O–H groups in total. The summed E-state index contributed by atoms with van der Waals surface area (Å²) in [5, 5.41) is 18.1. The molecule has 1 atom stereocenters. The molecule has 136 valence electrons. The van der Waals surface area contributed by atoms with E-state index in [2.05, 4.69) is 47.5 Å². The first kappa shape index (κ1) is 18.6. The van der Waals surface area contributed by atoms with Crippen LogP contribution < -0.4 is 10.6 Å². The number of nitro benzene ring substituents is 1.